The van der Waals surface area contributed by atoms with Crippen LogP contribution in [0.15, 0.2) is 30.5 Å². The molecular weight excluding hydrogens is 260 g/mol. The molecule has 5 nitrogen and oxygen atoms in total. The summed E-state index contributed by atoms with van der Waals surface area (Å²) in [6, 6.07) is 7.94. The zero-order chi connectivity index (χ0) is 13.2. The fourth-order valence-corrected chi connectivity index (χ4v) is 2.61. The van der Waals surface area contributed by atoms with Gasteiger partial charge in [0, 0.05) is 6.54 Å². The van der Waals surface area contributed by atoms with Gasteiger partial charge in [-0.2, -0.15) is 5.10 Å². The number of fused-ring (bicyclic) bond motifs is 1. The molecule has 0 spiro atoms. The molecule has 98 valence electrons. The molecule has 0 aliphatic carbocycles. The third-order valence-electron chi connectivity index (χ3n) is 2.79. The van der Waals surface area contributed by atoms with E-state index in [1.54, 1.807) is 4.52 Å². The summed E-state index contributed by atoms with van der Waals surface area (Å²) in [7, 11) is 0. The lowest BCUT2D eigenvalue weighted by Gasteiger charge is -2.06. The zero-order valence-electron chi connectivity index (χ0n) is 10.5. The van der Waals surface area contributed by atoms with E-state index < -0.39 is 0 Å². The van der Waals surface area contributed by atoms with E-state index in [0.717, 1.165) is 27.0 Å². The number of hydrogen-bond donors (Lipinski definition) is 1. The van der Waals surface area contributed by atoms with Gasteiger partial charge >= 0.3 is 0 Å². The third kappa shape index (κ3) is 2.45. The van der Waals surface area contributed by atoms with Crippen molar-refractivity contribution in [2.75, 3.05) is 0 Å². The Hall–Kier alpha value is -1.92. The molecule has 0 aliphatic heterocycles. The summed E-state index contributed by atoms with van der Waals surface area (Å²) >= 11 is 1.52. The summed E-state index contributed by atoms with van der Waals surface area (Å²) in [5.74, 6) is 0.887. The highest BCUT2D eigenvalue weighted by Gasteiger charge is 2.08. The predicted octanol–water partition coefficient (Wildman–Crippen LogP) is 2.14. The fraction of sp³-hybridized carbons (Fsp3) is 0.231. The van der Waals surface area contributed by atoms with Crippen molar-refractivity contribution < 1.29 is 4.74 Å². The predicted molar refractivity (Wildman–Crippen MR) is 74.3 cm³/mol. The average molecular weight is 274 g/mol. The summed E-state index contributed by atoms with van der Waals surface area (Å²) in [6.07, 6.45) is 1.85. The lowest BCUT2D eigenvalue weighted by Crippen LogP contribution is -1.98. The standard InChI is InChI=1S/C13H14N4OS/c1-9-4-2-3-5-11(9)18-8-12-16-17-7-10(6-14)15-13(17)19-12/h2-5,7H,6,8,14H2,1H3. The highest BCUT2D eigenvalue weighted by Crippen LogP contribution is 2.20. The van der Waals surface area contributed by atoms with E-state index in [1.165, 1.54) is 11.3 Å². The smallest absolute Gasteiger partial charge is 0.212 e. The molecular formula is C13H14N4OS. The molecule has 2 N–H and O–H groups in total. The molecule has 0 unspecified atom stereocenters. The maximum Gasteiger partial charge on any atom is 0.212 e. The molecule has 1 aromatic carbocycles. The minimum Gasteiger partial charge on any atom is -0.486 e. The lowest BCUT2D eigenvalue weighted by atomic mass is 10.2. The Labute approximate surface area is 114 Å². The first-order chi connectivity index (χ1) is 9.26. The van der Waals surface area contributed by atoms with E-state index in [-0.39, 0.29) is 0 Å². The number of aryl methyl sites for hydroxylation is 1. The van der Waals surface area contributed by atoms with Crippen molar-refractivity contribution in [2.24, 2.45) is 5.73 Å². The Balaban J connectivity index is 1.75. The van der Waals surface area contributed by atoms with Gasteiger partial charge in [0.25, 0.3) is 0 Å². The molecule has 2 heterocycles. The first-order valence-corrected chi connectivity index (χ1v) is 6.80. The second-order valence-electron chi connectivity index (χ2n) is 4.21. The number of hydrogen-bond acceptors (Lipinski definition) is 5. The van der Waals surface area contributed by atoms with Gasteiger partial charge in [-0.1, -0.05) is 29.5 Å². The molecule has 0 atom stereocenters. The van der Waals surface area contributed by atoms with Crippen molar-refractivity contribution in [3.8, 4) is 5.75 Å². The van der Waals surface area contributed by atoms with E-state index in [9.17, 15) is 0 Å². The highest BCUT2D eigenvalue weighted by molar-refractivity contribution is 7.16. The van der Waals surface area contributed by atoms with Crippen LogP contribution in [0.1, 0.15) is 16.3 Å². The van der Waals surface area contributed by atoms with Gasteiger partial charge < -0.3 is 10.5 Å². The van der Waals surface area contributed by atoms with Gasteiger partial charge in [0.15, 0.2) is 5.01 Å². The number of aromatic nitrogens is 3. The van der Waals surface area contributed by atoms with Crippen molar-refractivity contribution in [2.45, 2.75) is 20.1 Å². The number of benzene rings is 1. The van der Waals surface area contributed by atoms with Crippen LogP contribution in [0.25, 0.3) is 4.96 Å². The summed E-state index contributed by atoms with van der Waals surface area (Å²) in [5, 5.41) is 5.32. The number of ether oxygens (including phenoxy) is 1. The molecule has 0 saturated heterocycles. The van der Waals surface area contributed by atoms with Gasteiger partial charge in [0.05, 0.1) is 11.9 Å². The van der Waals surface area contributed by atoms with Gasteiger partial charge in [-0.05, 0) is 18.6 Å². The summed E-state index contributed by atoms with van der Waals surface area (Å²) in [5.41, 5.74) is 7.51. The van der Waals surface area contributed by atoms with Crippen LogP contribution >= 0.6 is 11.3 Å². The quantitative estimate of drug-likeness (QED) is 0.791. The number of nitrogens with zero attached hydrogens (tertiary/aromatic N) is 3. The van der Waals surface area contributed by atoms with E-state index in [0.29, 0.717) is 13.2 Å². The van der Waals surface area contributed by atoms with Crippen molar-refractivity contribution in [1.82, 2.24) is 14.6 Å². The molecule has 2 aromatic heterocycles. The molecule has 0 amide bonds. The van der Waals surface area contributed by atoms with Gasteiger partial charge in [0.2, 0.25) is 4.96 Å². The largest absolute Gasteiger partial charge is 0.486 e. The van der Waals surface area contributed by atoms with E-state index >= 15 is 0 Å². The summed E-state index contributed by atoms with van der Waals surface area (Å²) < 4.78 is 7.51. The topological polar surface area (TPSA) is 65.4 Å². The second-order valence-corrected chi connectivity index (χ2v) is 5.25. The Bertz CT molecular complexity index is 672. The van der Waals surface area contributed by atoms with Crippen molar-refractivity contribution in [3.63, 3.8) is 0 Å². The van der Waals surface area contributed by atoms with Gasteiger partial charge in [-0.25, -0.2) is 9.50 Å². The first-order valence-electron chi connectivity index (χ1n) is 5.99. The minimum atomic E-state index is 0.436. The van der Waals surface area contributed by atoms with Gasteiger partial charge in [-0.3, -0.25) is 0 Å². The van der Waals surface area contributed by atoms with Gasteiger partial charge in [-0.15, -0.1) is 0 Å². The lowest BCUT2D eigenvalue weighted by molar-refractivity contribution is 0.302. The van der Waals surface area contributed by atoms with Crippen LogP contribution in [0.2, 0.25) is 0 Å². The Morgan fingerprint density at radius 3 is 2.95 bits per heavy atom. The van der Waals surface area contributed by atoms with Crippen LogP contribution in [-0.2, 0) is 13.2 Å². The van der Waals surface area contributed by atoms with Crippen LogP contribution in [0.3, 0.4) is 0 Å². The van der Waals surface area contributed by atoms with Crippen molar-refractivity contribution in [3.05, 3.63) is 46.7 Å². The maximum absolute atomic E-state index is 5.76. The molecule has 0 saturated carbocycles. The first kappa shape index (κ1) is 12.1. The normalized spacial score (nSPS) is 11.1. The van der Waals surface area contributed by atoms with Crippen LogP contribution in [0, 0.1) is 6.92 Å². The number of rotatable bonds is 4. The second kappa shape index (κ2) is 4.99. The van der Waals surface area contributed by atoms with E-state index in [1.807, 2.05) is 37.4 Å². The van der Waals surface area contributed by atoms with E-state index in [4.69, 9.17) is 10.5 Å². The molecule has 19 heavy (non-hydrogen) atoms. The number of para-hydroxylation sites is 1. The number of nitrogens with two attached hydrogens (primary N) is 1. The molecule has 0 aliphatic rings. The molecule has 3 aromatic rings. The summed E-state index contributed by atoms with van der Waals surface area (Å²) in [4.78, 5) is 5.21. The van der Waals surface area contributed by atoms with Gasteiger partial charge in [0.1, 0.15) is 12.4 Å². The van der Waals surface area contributed by atoms with Crippen molar-refractivity contribution >= 4 is 16.3 Å². The Kier molecular flexibility index (Phi) is 3.18. The minimum absolute atomic E-state index is 0.436. The molecule has 0 bridgehead atoms. The highest BCUT2D eigenvalue weighted by atomic mass is 32.1. The Morgan fingerprint density at radius 2 is 2.21 bits per heavy atom. The molecule has 0 fully saturated rings. The average Bonchev–Trinajstić information content (AvgIpc) is 2.95. The van der Waals surface area contributed by atoms with Crippen LogP contribution in [0.5, 0.6) is 5.75 Å². The molecule has 3 rings (SSSR count). The number of imidazole rings is 1. The van der Waals surface area contributed by atoms with E-state index in [2.05, 4.69) is 10.1 Å². The fourth-order valence-electron chi connectivity index (χ4n) is 1.80. The molecule has 6 heteroatoms. The van der Waals surface area contributed by atoms with Crippen LogP contribution in [-0.4, -0.2) is 14.6 Å². The van der Waals surface area contributed by atoms with Crippen molar-refractivity contribution in [1.29, 1.82) is 0 Å². The zero-order valence-corrected chi connectivity index (χ0v) is 11.4. The van der Waals surface area contributed by atoms with Crippen LogP contribution < -0.4 is 10.5 Å². The molecule has 0 radical (unpaired) electrons. The Morgan fingerprint density at radius 1 is 1.37 bits per heavy atom. The van der Waals surface area contributed by atoms with Crippen LogP contribution in [0.4, 0.5) is 0 Å². The third-order valence-corrected chi connectivity index (χ3v) is 3.68. The maximum atomic E-state index is 5.76. The monoisotopic (exact) mass is 274 g/mol. The SMILES string of the molecule is Cc1ccccc1OCc1nn2cc(CN)nc2s1. The summed E-state index contributed by atoms with van der Waals surface area (Å²) in [6.45, 7) is 2.92.